The van der Waals surface area contributed by atoms with Crippen LogP contribution in [0.5, 0.6) is 5.88 Å². The minimum Gasteiger partial charge on any atom is -0.481 e. The Bertz CT molecular complexity index is 633. The standard InChI is InChI=1S/C14H21N3O4S/c1-21-14-11(6-5-8-15-14)10-16-13(18)12-7-3-4-9-17(12)22(2,19)20/h5-6,8,12H,3-4,7,9-10H2,1-2H3,(H,16,18)/t12-/m1/s1. The maximum Gasteiger partial charge on any atom is 0.238 e. The summed E-state index contributed by atoms with van der Waals surface area (Å²) in [6.07, 6.45) is 4.93. The summed E-state index contributed by atoms with van der Waals surface area (Å²) >= 11 is 0. The van der Waals surface area contributed by atoms with Crippen LogP contribution >= 0.6 is 0 Å². The van der Waals surface area contributed by atoms with Gasteiger partial charge in [0.25, 0.3) is 0 Å². The van der Waals surface area contributed by atoms with Crippen molar-refractivity contribution < 1.29 is 17.9 Å². The van der Waals surface area contributed by atoms with Crippen molar-refractivity contribution >= 4 is 15.9 Å². The van der Waals surface area contributed by atoms with Crippen molar-refractivity contribution in [2.75, 3.05) is 19.9 Å². The molecule has 0 spiro atoms. The first-order valence-corrected chi connectivity index (χ1v) is 9.00. The van der Waals surface area contributed by atoms with E-state index in [0.29, 0.717) is 18.8 Å². The normalized spacial score (nSPS) is 19.6. The van der Waals surface area contributed by atoms with Gasteiger partial charge in [0.15, 0.2) is 0 Å². The minimum atomic E-state index is -3.38. The van der Waals surface area contributed by atoms with E-state index in [0.717, 1.165) is 24.7 Å². The van der Waals surface area contributed by atoms with Crippen LogP contribution in [0.3, 0.4) is 0 Å². The van der Waals surface area contributed by atoms with E-state index in [9.17, 15) is 13.2 Å². The lowest BCUT2D eigenvalue weighted by atomic mass is 10.0. The molecule has 1 aromatic heterocycles. The van der Waals surface area contributed by atoms with Crippen molar-refractivity contribution in [2.24, 2.45) is 0 Å². The number of carbonyl (C=O) groups is 1. The number of nitrogens with one attached hydrogen (secondary N) is 1. The Balaban J connectivity index is 2.04. The molecule has 22 heavy (non-hydrogen) atoms. The third kappa shape index (κ3) is 3.95. The van der Waals surface area contributed by atoms with Gasteiger partial charge in [0.1, 0.15) is 6.04 Å². The second-order valence-corrected chi connectivity index (χ2v) is 7.21. The Morgan fingerprint density at radius 2 is 2.27 bits per heavy atom. The molecule has 1 fully saturated rings. The summed E-state index contributed by atoms with van der Waals surface area (Å²) < 4.78 is 30.0. The fourth-order valence-electron chi connectivity index (χ4n) is 2.61. The van der Waals surface area contributed by atoms with Crippen LogP contribution in [-0.2, 0) is 21.4 Å². The smallest absolute Gasteiger partial charge is 0.238 e. The molecule has 1 atom stereocenters. The highest BCUT2D eigenvalue weighted by molar-refractivity contribution is 7.88. The van der Waals surface area contributed by atoms with Gasteiger partial charge >= 0.3 is 0 Å². The molecule has 1 amide bonds. The van der Waals surface area contributed by atoms with Gasteiger partial charge in [-0.2, -0.15) is 4.31 Å². The summed E-state index contributed by atoms with van der Waals surface area (Å²) in [4.78, 5) is 16.4. The number of amides is 1. The number of ether oxygens (including phenoxy) is 1. The molecule has 0 aromatic carbocycles. The zero-order chi connectivity index (χ0) is 16.2. The quantitative estimate of drug-likeness (QED) is 0.852. The van der Waals surface area contributed by atoms with Gasteiger partial charge in [-0.25, -0.2) is 13.4 Å². The third-order valence-corrected chi connectivity index (χ3v) is 4.97. The van der Waals surface area contributed by atoms with Crippen LogP contribution in [0.4, 0.5) is 0 Å². The third-order valence-electron chi connectivity index (χ3n) is 3.68. The van der Waals surface area contributed by atoms with Gasteiger partial charge in [0, 0.05) is 24.8 Å². The number of sulfonamides is 1. The molecule has 8 heteroatoms. The topological polar surface area (TPSA) is 88.6 Å². The van der Waals surface area contributed by atoms with Gasteiger partial charge in [0.2, 0.25) is 21.8 Å². The monoisotopic (exact) mass is 327 g/mol. The van der Waals surface area contributed by atoms with Gasteiger partial charge in [0.05, 0.1) is 13.4 Å². The molecule has 1 aromatic rings. The lowest BCUT2D eigenvalue weighted by Gasteiger charge is -2.32. The number of piperidine rings is 1. The number of nitrogens with zero attached hydrogens (tertiary/aromatic N) is 2. The van der Waals surface area contributed by atoms with E-state index in [1.54, 1.807) is 18.3 Å². The van der Waals surface area contributed by atoms with E-state index < -0.39 is 16.1 Å². The predicted octanol–water partition coefficient (Wildman–Crippen LogP) is 0.520. The van der Waals surface area contributed by atoms with Crippen molar-refractivity contribution in [3.8, 4) is 5.88 Å². The molecule has 2 rings (SSSR count). The van der Waals surface area contributed by atoms with Crippen LogP contribution in [0, 0.1) is 0 Å². The van der Waals surface area contributed by atoms with Crippen LogP contribution in [-0.4, -0.2) is 49.6 Å². The highest BCUT2D eigenvalue weighted by Crippen LogP contribution is 2.20. The number of hydrogen-bond donors (Lipinski definition) is 1. The minimum absolute atomic E-state index is 0.254. The first-order valence-electron chi connectivity index (χ1n) is 7.16. The lowest BCUT2D eigenvalue weighted by molar-refractivity contribution is -0.125. The average molecular weight is 327 g/mol. The molecule has 7 nitrogen and oxygen atoms in total. The number of carbonyl (C=O) groups excluding carboxylic acids is 1. The molecule has 0 aliphatic carbocycles. The average Bonchev–Trinajstić information content (AvgIpc) is 2.52. The van der Waals surface area contributed by atoms with E-state index in [2.05, 4.69) is 10.3 Å². The van der Waals surface area contributed by atoms with Crippen LogP contribution in [0.1, 0.15) is 24.8 Å². The summed E-state index contributed by atoms with van der Waals surface area (Å²) in [5, 5.41) is 2.78. The highest BCUT2D eigenvalue weighted by Gasteiger charge is 2.34. The van der Waals surface area contributed by atoms with Gasteiger partial charge in [-0.05, 0) is 18.9 Å². The molecule has 1 saturated heterocycles. The van der Waals surface area contributed by atoms with Crippen molar-refractivity contribution in [2.45, 2.75) is 31.8 Å². The zero-order valence-electron chi connectivity index (χ0n) is 12.8. The summed E-state index contributed by atoms with van der Waals surface area (Å²) in [5.74, 6) is 0.169. The van der Waals surface area contributed by atoms with Gasteiger partial charge < -0.3 is 10.1 Å². The molecule has 0 bridgehead atoms. The van der Waals surface area contributed by atoms with Crippen molar-refractivity contribution in [1.82, 2.24) is 14.6 Å². The summed E-state index contributed by atoms with van der Waals surface area (Å²) in [7, 11) is -1.87. The SMILES string of the molecule is COc1ncccc1CNC(=O)[C@H]1CCCCN1S(C)(=O)=O. The van der Waals surface area contributed by atoms with Gasteiger partial charge in [-0.3, -0.25) is 4.79 Å². The van der Waals surface area contributed by atoms with Crippen molar-refractivity contribution in [3.63, 3.8) is 0 Å². The second kappa shape index (κ2) is 7.06. The van der Waals surface area contributed by atoms with E-state index in [-0.39, 0.29) is 12.5 Å². The largest absolute Gasteiger partial charge is 0.481 e. The maximum atomic E-state index is 12.3. The Hall–Kier alpha value is -1.67. The fraction of sp³-hybridized carbons (Fsp3) is 0.571. The summed E-state index contributed by atoms with van der Waals surface area (Å²) in [5.41, 5.74) is 0.750. The van der Waals surface area contributed by atoms with Crippen molar-refractivity contribution in [1.29, 1.82) is 0 Å². The Kier molecular flexibility index (Phi) is 5.36. The van der Waals surface area contributed by atoms with E-state index in [1.807, 2.05) is 0 Å². The molecule has 0 unspecified atom stereocenters. The zero-order valence-corrected chi connectivity index (χ0v) is 13.6. The first kappa shape index (κ1) is 16.7. The predicted molar refractivity (Wildman–Crippen MR) is 81.8 cm³/mol. The fourth-order valence-corrected chi connectivity index (χ4v) is 3.73. The maximum absolute atomic E-state index is 12.3. The summed E-state index contributed by atoms with van der Waals surface area (Å²) in [6, 6.07) is 2.93. The number of rotatable bonds is 5. The Labute approximate surface area is 130 Å². The van der Waals surface area contributed by atoms with Crippen molar-refractivity contribution in [3.05, 3.63) is 23.9 Å². The van der Waals surface area contributed by atoms with Gasteiger partial charge in [-0.1, -0.05) is 12.5 Å². The number of pyridine rings is 1. The molecular weight excluding hydrogens is 306 g/mol. The highest BCUT2D eigenvalue weighted by atomic mass is 32.2. The molecule has 1 aliphatic rings. The van der Waals surface area contributed by atoms with Gasteiger partial charge in [-0.15, -0.1) is 0 Å². The van der Waals surface area contributed by atoms with E-state index in [4.69, 9.17) is 4.74 Å². The second-order valence-electron chi connectivity index (χ2n) is 5.27. The molecule has 0 radical (unpaired) electrons. The van der Waals surface area contributed by atoms with E-state index >= 15 is 0 Å². The first-order chi connectivity index (χ1) is 10.4. The molecule has 1 N–H and O–H groups in total. The Morgan fingerprint density at radius 3 is 2.95 bits per heavy atom. The number of methoxy groups -OCH3 is 1. The molecular formula is C14H21N3O4S. The Morgan fingerprint density at radius 1 is 1.50 bits per heavy atom. The molecule has 1 aliphatic heterocycles. The molecule has 0 saturated carbocycles. The number of aromatic nitrogens is 1. The molecule has 122 valence electrons. The van der Waals surface area contributed by atoms with Crippen LogP contribution in [0.25, 0.3) is 0 Å². The van der Waals surface area contributed by atoms with Crippen LogP contribution < -0.4 is 10.1 Å². The van der Waals surface area contributed by atoms with E-state index in [1.165, 1.54) is 11.4 Å². The van der Waals surface area contributed by atoms with Crippen LogP contribution in [0.15, 0.2) is 18.3 Å². The molecule has 2 heterocycles. The summed E-state index contributed by atoms with van der Waals surface area (Å²) in [6.45, 7) is 0.650. The number of hydrogen-bond acceptors (Lipinski definition) is 5. The lowest BCUT2D eigenvalue weighted by Crippen LogP contribution is -2.51. The van der Waals surface area contributed by atoms with Crippen LogP contribution in [0.2, 0.25) is 0 Å².